The molecule has 1 heterocycles. The Morgan fingerprint density at radius 3 is 2.71 bits per heavy atom. The largest absolute Gasteiger partial charge is 0.416 e. The van der Waals surface area contributed by atoms with Gasteiger partial charge in [-0.2, -0.15) is 13.2 Å². The lowest BCUT2D eigenvalue weighted by Gasteiger charge is -2.24. The highest BCUT2D eigenvalue weighted by molar-refractivity contribution is 5.76. The number of benzene rings is 1. The number of alkyl halides is 3. The van der Waals surface area contributed by atoms with Crippen LogP contribution < -0.4 is 5.32 Å². The second kappa shape index (κ2) is 6.44. The summed E-state index contributed by atoms with van der Waals surface area (Å²) in [6, 6.07) is 5.02. The van der Waals surface area contributed by atoms with Crippen molar-refractivity contribution in [3.05, 3.63) is 35.4 Å². The van der Waals surface area contributed by atoms with Crippen molar-refractivity contribution in [3.8, 4) is 0 Å². The second-order valence-corrected chi connectivity index (χ2v) is 5.00. The Morgan fingerprint density at radius 1 is 1.29 bits per heavy atom. The van der Waals surface area contributed by atoms with E-state index in [0.717, 1.165) is 6.07 Å². The molecule has 1 aromatic carbocycles. The highest BCUT2D eigenvalue weighted by Gasteiger charge is 2.35. The van der Waals surface area contributed by atoms with Gasteiger partial charge in [0.05, 0.1) is 11.7 Å². The Morgan fingerprint density at radius 2 is 2.00 bits per heavy atom. The third kappa shape index (κ3) is 4.18. The van der Waals surface area contributed by atoms with Crippen LogP contribution in [-0.2, 0) is 11.0 Å². The Kier molecular flexibility index (Phi) is 4.84. The minimum absolute atomic E-state index is 0.0715. The maximum Gasteiger partial charge on any atom is 0.416 e. The smallest absolute Gasteiger partial charge is 0.387 e. The lowest BCUT2D eigenvalue weighted by molar-refractivity contribution is -0.139. The molecule has 2 N–H and O–H groups in total. The fourth-order valence-electron chi connectivity index (χ4n) is 2.38. The van der Waals surface area contributed by atoms with E-state index < -0.39 is 17.8 Å². The third-order valence-corrected chi connectivity index (χ3v) is 3.46. The molecule has 0 spiro atoms. The Bertz CT molecular complexity index is 505. The number of nitrogens with one attached hydrogen (secondary N) is 1. The van der Waals surface area contributed by atoms with E-state index >= 15 is 0 Å². The molecule has 1 amide bonds. The van der Waals surface area contributed by atoms with Crippen molar-refractivity contribution in [1.82, 2.24) is 10.2 Å². The molecule has 116 valence electrons. The van der Waals surface area contributed by atoms with Gasteiger partial charge in [-0.25, -0.2) is 0 Å². The Hall–Kier alpha value is -1.60. The molecule has 4 nitrogen and oxygen atoms in total. The zero-order chi connectivity index (χ0) is 15.5. The van der Waals surface area contributed by atoms with Gasteiger partial charge in [0.2, 0.25) is 5.91 Å². The van der Waals surface area contributed by atoms with Crippen LogP contribution >= 0.6 is 0 Å². The number of hydrogen-bond donors (Lipinski definition) is 2. The summed E-state index contributed by atoms with van der Waals surface area (Å²) in [6.07, 6.45) is -5.45. The lowest BCUT2D eigenvalue weighted by atomic mass is 10.0. The molecule has 0 unspecified atom stereocenters. The molecular weight excluding hydrogens is 285 g/mol. The molecule has 0 radical (unpaired) electrons. The van der Waals surface area contributed by atoms with Crippen molar-refractivity contribution in [2.45, 2.75) is 18.7 Å². The first-order valence-electron chi connectivity index (χ1n) is 6.71. The van der Waals surface area contributed by atoms with E-state index in [9.17, 15) is 23.1 Å². The van der Waals surface area contributed by atoms with Crippen LogP contribution in [0, 0.1) is 0 Å². The number of aliphatic hydroxyl groups is 1. The molecule has 1 aliphatic rings. The van der Waals surface area contributed by atoms with E-state index in [-0.39, 0.29) is 24.4 Å². The standard InChI is InChI=1S/C14H17F3N2O2/c15-14(16,17)11-4-2-1-3-10(11)12(20)9-19-7-5-13(21)18-6-8-19/h1-4,12,20H,5-9H2,(H,18,21)/t12-/m1/s1. The molecule has 1 atom stereocenters. The summed E-state index contributed by atoms with van der Waals surface area (Å²) < 4.78 is 38.8. The zero-order valence-electron chi connectivity index (χ0n) is 11.4. The number of halogens is 3. The van der Waals surface area contributed by atoms with Crippen LogP contribution in [0.4, 0.5) is 13.2 Å². The summed E-state index contributed by atoms with van der Waals surface area (Å²) in [4.78, 5) is 13.0. The predicted molar refractivity (Wildman–Crippen MR) is 70.5 cm³/mol. The number of hydrogen-bond acceptors (Lipinski definition) is 3. The molecule has 0 aliphatic carbocycles. The van der Waals surface area contributed by atoms with Gasteiger partial charge in [-0.1, -0.05) is 18.2 Å². The van der Waals surface area contributed by atoms with Gasteiger partial charge < -0.3 is 10.4 Å². The topological polar surface area (TPSA) is 52.6 Å². The summed E-state index contributed by atoms with van der Waals surface area (Å²) in [6.45, 7) is 1.45. The average Bonchev–Trinajstić information content (AvgIpc) is 2.63. The monoisotopic (exact) mass is 302 g/mol. The molecule has 1 fully saturated rings. The van der Waals surface area contributed by atoms with Crippen LogP contribution in [-0.4, -0.2) is 42.1 Å². The van der Waals surface area contributed by atoms with E-state index in [4.69, 9.17) is 0 Å². The van der Waals surface area contributed by atoms with E-state index in [1.54, 1.807) is 4.90 Å². The number of carbonyl (C=O) groups excluding carboxylic acids is 1. The number of rotatable bonds is 3. The van der Waals surface area contributed by atoms with E-state index in [2.05, 4.69) is 5.32 Å². The van der Waals surface area contributed by atoms with Gasteiger partial charge in [0.15, 0.2) is 0 Å². The number of β-amino-alcohol motifs (C(OH)–C–C–N with tert-alkyl or cyclic N) is 1. The zero-order valence-corrected chi connectivity index (χ0v) is 11.4. The van der Waals surface area contributed by atoms with E-state index in [0.29, 0.717) is 19.6 Å². The molecule has 2 rings (SSSR count). The first kappa shape index (κ1) is 15.8. The fourth-order valence-corrected chi connectivity index (χ4v) is 2.38. The minimum Gasteiger partial charge on any atom is -0.387 e. The quantitative estimate of drug-likeness (QED) is 0.891. The van der Waals surface area contributed by atoms with Crippen molar-refractivity contribution >= 4 is 5.91 Å². The highest BCUT2D eigenvalue weighted by atomic mass is 19.4. The summed E-state index contributed by atoms with van der Waals surface area (Å²) >= 11 is 0. The summed E-state index contributed by atoms with van der Waals surface area (Å²) in [5.41, 5.74) is -0.949. The molecule has 21 heavy (non-hydrogen) atoms. The Labute approximate surface area is 120 Å². The summed E-state index contributed by atoms with van der Waals surface area (Å²) in [7, 11) is 0. The minimum atomic E-state index is -4.49. The molecule has 0 bridgehead atoms. The molecule has 0 saturated carbocycles. The molecule has 0 aromatic heterocycles. The maximum atomic E-state index is 12.9. The molecule has 1 aromatic rings. The average molecular weight is 302 g/mol. The number of aliphatic hydroxyl groups excluding tert-OH is 1. The SMILES string of the molecule is O=C1CCN(C[C@@H](O)c2ccccc2C(F)(F)F)CCN1. The van der Waals surface area contributed by atoms with Gasteiger partial charge >= 0.3 is 6.18 Å². The van der Waals surface area contributed by atoms with Gasteiger partial charge in [-0.05, 0) is 11.6 Å². The third-order valence-electron chi connectivity index (χ3n) is 3.46. The van der Waals surface area contributed by atoms with Crippen LogP contribution in [0.1, 0.15) is 23.7 Å². The van der Waals surface area contributed by atoms with Gasteiger partial charge in [0.25, 0.3) is 0 Å². The highest BCUT2D eigenvalue weighted by Crippen LogP contribution is 2.34. The van der Waals surface area contributed by atoms with Crippen LogP contribution in [0.25, 0.3) is 0 Å². The first-order chi connectivity index (χ1) is 9.88. The molecule has 1 saturated heterocycles. The lowest BCUT2D eigenvalue weighted by Crippen LogP contribution is -2.32. The number of carbonyl (C=O) groups is 1. The van der Waals surface area contributed by atoms with Crippen molar-refractivity contribution < 1.29 is 23.1 Å². The van der Waals surface area contributed by atoms with Gasteiger partial charge in [-0.3, -0.25) is 9.69 Å². The summed E-state index contributed by atoms with van der Waals surface area (Å²) in [5.74, 6) is -0.0809. The van der Waals surface area contributed by atoms with Crippen molar-refractivity contribution in [2.24, 2.45) is 0 Å². The van der Waals surface area contributed by atoms with E-state index in [1.807, 2.05) is 0 Å². The molecule has 1 aliphatic heterocycles. The summed E-state index contributed by atoms with van der Waals surface area (Å²) in [5, 5.41) is 12.8. The number of nitrogens with zero attached hydrogens (tertiary/aromatic N) is 1. The van der Waals surface area contributed by atoms with Crippen LogP contribution in [0.3, 0.4) is 0 Å². The fraction of sp³-hybridized carbons (Fsp3) is 0.500. The van der Waals surface area contributed by atoms with Crippen LogP contribution in [0.5, 0.6) is 0 Å². The van der Waals surface area contributed by atoms with Crippen LogP contribution in [0.15, 0.2) is 24.3 Å². The Balaban J connectivity index is 2.10. The number of amides is 1. The maximum absolute atomic E-state index is 12.9. The van der Waals surface area contributed by atoms with E-state index in [1.165, 1.54) is 18.2 Å². The van der Waals surface area contributed by atoms with Gasteiger partial charge in [0, 0.05) is 32.6 Å². The van der Waals surface area contributed by atoms with Crippen LogP contribution in [0.2, 0.25) is 0 Å². The predicted octanol–water partition coefficient (Wildman–Crippen LogP) is 1.56. The van der Waals surface area contributed by atoms with Gasteiger partial charge in [-0.15, -0.1) is 0 Å². The normalized spacial score (nSPS) is 19.0. The first-order valence-corrected chi connectivity index (χ1v) is 6.71. The van der Waals surface area contributed by atoms with Crippen molar-refractivity contribution in [1.29, 1.82) is 0 Å². The van der Waals surface area contributed by atoms with Crippen molar-refractivity contribution in [2.75, 3.05) is 26.2 Å². The molecule has 7 heteroatoms. The molecular formula is C14H17F3N2O2. The van der Waals surface area contributed by atoms with Crippen molar-refractivity contribution in [3.63, 3.8) is 0 Å². The second-order valence-electron chi connectivity index (χ2n) is 5.00. The van der Waals surface area contributed by atoms with Gasteiger partial charge in [0.1, 0.15) is 0 Å².